The topological polar surface area (TPSA) is 66.4 Å². The summed E-state index contributed by atoms with van der Waals surface area (Å²) in [6.07, 6.45) is 0.193. The Kier molecular flexibility index (Phi) is 5.57. The van der Waals surface area contributed by atoms with Crippen molar-refractivity contribution in [3.05, 3.63) is 69.2 Å². The number of carboxylic acid groups (broad SMARTS) is 1. The number of amides is 1. The fraction of sp³-hybridized carbons (Fsp3) is 0.125. The first kappa shape index (κ1) is 16.5. The molecule has 2 aromatic rings. The van der Waals surface area contributed by atoms with E-state index >= 15 is 0 Å². The number of aliphatic carboxylic acids is 1. The van der Waals surface area contributed by atoms with Gasteiger partial charge in [0.05, 0.1) is 10.6 Å². The molecule has 0 unspecified atom stereocenters. The molecule has 1 amide bonds. The minimum atomic E-state index is -1.09. The second kappa shape index (κ2) is 7.42. The van der Waals surface area contributed by atoms with E-state index in [0.29, 0.717) is 0 Å². The molecule has 2 aromatic carbocycles. The van der Waals surface area contributed by atoms with Crippen LogP contribution in [0.5, 0.6) is 0 Å². The van der Waals surface area contributed by atoms with Crippen molar-refractivity contribution in [3.8, 4) is 0 Å². The molecule has 1 atom stereocenters. The van der Waals surface area contributed by atoms with Crippen LogP contribution in [-0.4, -0.2) is 23.0 Å². The molecule has 4 nitrogen and oxygen atoms in total. The Morgan fingerprint density at radius 1 is 1.14 bits per heavy atom. The first-order chi connectivity index (χ1) is 10.5. The molecule has 0 saturated carbocycles. The lowest BCUT2D eigenvalue weighted by Gasteiger charge is -2.15. The van der Waals surface area contributed by atoms with Crippen LogP contribution < -0.4 is 5.32 Å². The van der Waals surface area contributed by atoms with Gasteiger partial charge < -0.3 is 10.4 Å². The van der Waals surface area contributed by atoms with Gasteiger partial charge in [-0.3, -0.25) is 4.79 Å². The van der Waals surface area contributed by atoms with Crippen molar-refractivity contribution in [1.29, 1.82) is 0 Å². The van der Waals surface area contributed by atoms with Gasteiger partial charge in [0.25, 0.3) is 5.91 Å². The van der Waals surface area contributed by atoms with Gasteiger partial charge in [-0.15, -0.1) is 0 Å². The summed E-state index contributed by atoms with van der Waals surface area (Å²) in [4.78, 5) is 23.5. The SMILES string of the molecule is O=C(N[C@@H](Cc1ccc(Br)cc1)C(=O)O)c1ccccc1Cl. The Morgan fingerprint density at radius 3 is 2.36 bits per heavy atom. The smallest absolute Gasteiger partial charge is 0.326 e. The van der Waals surface area contributed by atoms with Gasteiger partial charge in [-0.1, -0.05) is 51.8 Å². The minimum absolute atomic E-state index is 0.193. The predicted octanol–water partition coefficient (Wildman–Crippen LogP) is 3.53. The van der Waals surface area contributed by atoms with Crippen molar-refractivity contribution in [3.63, 3.8) is 0 Å². The molecular weight excluding hydrogens is 370 g/mol. The van der Waals surface area contributed by atoms with Crippen LogP contribution >= 0.6 is 27.5 Å². The largest absolute Gasteiger partial charge is 0.480 e. The van der Waals surface area contributed by atoms with Gasteiger partial charge in [-0.2, -0.15) is 0 Å². The molecule has 114 valence electrons. The van der Waals surface area contributed by atoms with E-state index in [9.17, 15) is 14.7 Å². The summed E-state index contributed by atoms with van der Waals surface area (Å²) in [6.45, 7) is 0. The maximum Gasteiger partial charge on any atom is 0.326 e. The molecule has 0 bridgehead atoms. The maximum atomic E-state index is 12.2. The summed E-state index contributed by atoms with van der Waals surface area (Å²) in [5, 5.41) is 12.1. The molecule has 0 radical (unpaired) electrons. The molecule has 2 N–H and O–H groups in total. The van der Waals surface area contributed by atoms with Crippen molar-refractivity contribution in [2.75, 3.05) is 0 Å². The van der Waals surface area contributed by atoms with E-state index in [4.69, 9.17) is 11.6 Å². The van der Waals surface area contributed by atoms with E-state index < -0.39 is 17.9 Å². The van der Waals surface area contributed by atoms with E-state index in [1.807, 2.05) is 24.3 Å². The lowest BCUT2D eigenvalue weighted by Crippen LogP contribution is -2.42. The summed E-state index contributed by atoms with van der Waals surface area (Å²) in [5.74, 6) is -1.60. The quantitative estimate of drug-likeness (QED) is 0.831. The molecule has 0 aliphatic heterocycles. The predicted molar refractivity (Wildman–Crippen MR) is 88.2 cm³/mol. The molecule has 0 aliphatic rings. The van der Waals surface area contributed by atoms with Crippen molar-refractivity contribution < 1.29 is 14.7 Å². The Balaban J connectivity index is 2.12. The molecule has 0 spiro atoms. The van der Waals surface area contributed by atoms with Crippen LogP contribution in [0.4, 0.5) is 0 Å². The summed E-state index contributed by atoms with van der Waals surface area (Å²) >= 11 is 9.26. The Hall–Kier alpha value is -1.85. The second-order valence-corrected chi connectivity index (χ2v) is 6.00. The zero-order chi connectivity index (χ0) is 16.1. The molecule has 0 heterocycles. The molecule has 0 aromatic heterocycles. The first-order valence-electron chi connectivity index (χ1n) is 6.50. The second-order valence-electron chi connectivity index (χ2n) is 4.67. The van der Waals surface area contributed by atoms with E-state index in [2.05, 4.69) is 21.2 Å². The number of halogens is 2. The minimum Gasteiger partial charge on any atom is -0.480 e. The summed E-state index contributed by atoms with van der Waals surface area (Å²) < 4.78 is 0.906. The lowest BCUT2D eigenvalue weighted by molar-refractivity contribution is -0.139. The highest BCUT2D eigenvalue weighted by atomic mass is 79.9. The Labute approximate surface area is 141 Å². The number of rotatable bonds is 5. The fourth-order valence-electron chi connectivity index (χ4n) is 1.94. The van der Waals surface area contributed by atoms with Gasteiger partial charge in [-0.25, -0.2) is 4.79 Å². The van der Waals surface area contributed by atoms with E-state index in [-0.39, 0.29) is 17.0 Å². The average Bonchev–Trinajstić information content (AvgIpc) is 2.49. The van der Waals surface area contributed by atoms with E-state index in [1.165, 1.54) is 0 Å². The van der Waals surface area contributed by atoms with Crippen molar-refractivity contribution in [2.24, 2.45) is 0 Å². The van der Waals surface area contributed by atoms with Gasteiger partial charge in [-0.05, 0) is 29.8 Å². The van der Waals surface area contributed by atoms with Crippen molar-refractivity contribution in [2.45, 2.75) is 12.5 Å². The van der Waals surface area contributed by atoms with E-state index in [0.717, 1.165) is 10.0 Å². The Morgan fingerprint density at radius 2 is 1.77 bits per heavy atom. The molecule has 2 rings (SSSR count). The van der Waals surface area contributed by atoms with Crippen LogP contribution in [0.15, 0.2) is 53.0 Å². The Bertz CT molecular complexity index is 688. The van der Waals surface area contributed by atoms with Gasteiger partial charge in [0.15, 0.2) is 0 Å². The average molecular weight is 383 g/mol. The highest BCUT2D eigenvalue weighted by Crippen LogP contribution is 2.16. The number of carboxylic acids is 1. The number of hydrogen-bond acceptors (Lipinski definition) is 2. The van der Waals surface area contributed by atoms with Crippen LogP contribution in [0, 0.1) is 0 Å². The number of benzene rings is 2. The van der Waals surface area contributed by atoms with Gasteiger partial charge in [0, 0.05) is 10.9 Å². The highest BCUT2D eigenvalue weighted by molar-refractivity contribution is 9.10. The van der Waals surface area contributed by atoms with Crippen LogP contribution in [0.3, 0.4) is 0 Å². The summed E-state index contributed by atoms with van der Waals surface area (Å²) in [5.41, 5.74) is 1.07. The van der Waals surface area contributed by atoms with Gasteiger partial charge in [0.1, 0.15) is 6.04 Å². The number of carbonyl (C=O) groups is 2. The zero-order valence-corrected chi connectivity index (χ0v) is 13.8. The normalized spacial score (nSPS) is 11.7. The summed E-state index contributed by atoms with van der Waals surface area (Å²) in [7, 11) is 0. The summed E-state index contributed by atoms with van der Waals surface area (Å²) in [6, 6.07) is 12.8. The van der Waals surface area contributed by atoms with Crippen LogP contribution in [0.1, 0.15) is 15.9 Å². The molecular formula is C16H13BrClNO3. The van der Waals surface area contributed by atoms with Crippen LogP contribution in [-0.2, 0) is 11.2 Å². The third kappa shape index (κ3) is 4.32. The monoisotopic (exact) mass is 381 g/mol. The number of carbonyl (C=O) groups excluding carboxylic acids is 1. The first-order valence-corrected chi connectivity index (χ1v) is 7.67. The zero-order valence-electron chi connectivity index (χ0n) is 11.4. The third-order valence-corrected chi connectivity index (χ3v) is 3.93. The fourth-order valence-corrected chi connectivity index (χ4v) is 2.42. The van der Waals surface area contributed by atoms with Gasteiger partial charge >= 0.3 is 5.97 Å². The molecule has 0 saturated heterocycles. The molecule has 22 heavy (non-hydrogen) atoms. The lowest BCUT2D eigenvalue weighted by atomic mass is 10.1. The van der Waals surface area contributed by atoms with Crippen molar-refractivity contribution >= 4 is 39.4 Å². The van der Waals surface area contributed by atoms with Crippen LogP contribution in [0.25, 0.3) is 0 Å². The highest BCUT2D eigenvalue weighted by Gasteiger charge is 2.22. The third-order valence-electron chi connectivity index (χ3n) is 3.07. The molecule has 0 aliphatic carbocycles. The number of hydrogen-bond donors (Lipinski definition) is 2. The molecule has 0 fully saturated rings. The maximum absolute atomic E-state index is 12.2. The van der Waals surface area contributed by atoms with Crippen molar-refractivity contribution in [1.82, 2.24) is 5.32 Å². The van der Waals surface area contributed by atoms with Crippen LogP contribution in [0.2, 0.25) is 5.02 Å². The number of nitrogens with one attached hydrogen (secondary N) is 1. The van der Waals surface area contributed by atoms with Gasteiger partial charge in [0.2, 0.25) is 0 Å². The molecule has 6 heteroatoms. The van der Waals surface area contributed by atoms with E-state index in [1.54, 1.807) is 24.3 Å². The standard InChI is InChI=1S/C16H13BrClNO3/c17-11-7-5-10(6-8-11)9-14(16(21)22)19-15(20)12-3-1-2-4-13(12)18/h1-8,14H,9H2,(H,19,20)(H,21,22)/t14-/m0/s1.